The molecule has 2 fully saturated rings. The SMILES string of the molecule is C=C(F)C(=O)N1CCN(c2c(C#N)c(OC[C@@H]3CCCN3C)nc3c2CCN(c2ccnc4c2N(C)CCC4)C3)C[C@@H]1CC#N. The van der Waals surface area contributed by atoms with Crippen LogP contribution in [-0.2, 0) is 24.2 Å². The van der Waals surface area contributed by atoms with Crippen molar-refractivity contribution in [1.82, 2.24) is 19.8 Å². The van der Waals surface area contributed by atoms with E-state index in [0.29, 0.717) is 37.6 Å². The number of hydrogen-bond donors (Lipinski definition) is 0. The number of aromatic nitrogens is 2. The highest BCUT2D eigenvalue weighted by Crippen LogP contribution is 2.41. The van der Waals surface area contributed by atoms with E-state index in [4.69, 9.17) is 9.72 Å². The van der Waals surface area contributed by atoms with E-state index >= 15 is 0 Å². The van der Waals surface area contributed by atoms with E-state index in [0.717, 1.165) is 79.3 Å². The largest absolute Gasteiger partial charge is 0.475 e. The molecule has 2 aromatic rings. The molecule has 4 aliphatic heterocycles. The lowest BCUT2D eigenvalue weighted by atomic mass is 9.96. The van der Waals surface area contributed by atoms with Crippen LogP contribution in [-0.4, -0.2) is 97.7 Å². The average molecular weight is 614 g/mol. The number of ether oxygens (including phenoxy) is 1. The van der Waals surface area contributed by atoms with E-state index in [1.54, 1.807) is 0 Å². The van der Waals surface area contributed by atoms with Crippen LogP contribution >= 0.6 is 0 Å². The minimum absolute atomic E-state index is 0.0382. The number of piperazine rings is 1. The number of rotatable bonds is 7. The minimum Gasteiger partial charge on any atom is -0.475 e. The molecule has 236 valence electrons. The fourth-order valence-corrected chi connectivity index (χ4v) is 7.36. The van der Waals surface area contributed by atoms with Crippen LogP contribution in [0.5, 0.6) is 5.88 Å². The molecule has 2 aromatic heterocycles. The van der Waals surface area contributed by atoms with E-state index in [9.17, 15) is 19.7 Å². The number of carbonyl (C=O) groups excluding carboxylic acids is 1. The number of halogens is 1. The van der Waals surface area contributed by atoms with Crippen LogP contribution in [0.1, 0.15) is 48.2 Å². The van der Waals surface area contributed by atoms with Crippen LogP contribution in [0, 0.1) is 22.7 Å². The van der Waals surface area contributed by atoms with Gasteiger partial charge in [0.15, 0.2) is 5.83 Å². The third-order valence-electron chi connectivity index (χ3n) is 9.72. The number of hydrogen-bond acceptors (Lipinski definition) is 10. The highest BCUT2D eigenvalue weighted by atomic mass is 19.1. The highest BCUT2D eigenvalue weighted by molar-refractivity contribution is 5.91. The first-order chi connectivity index (χ1) is 21.8. The minimum atomic E-state index is -1.04. The Bertz CT molecular complexity index is 1570. The second-order valence-corrected chi connectivity index (χ2v) is 12.5. The quantitative estimate of drug-likeness (QED) is 0.431. The molecule has 2 saturated heterocycles. The van der Waals surface area contributed by atoms with Crippen molar-refractivity contribution in [2.75, 3.05) is 74.7 Å². The molecule has 0 spiro atoms. The summed E-state index contributed by atoms with van der Waals surface area (Å²) in [4.78, 5) is 32.6. The van der Waals surface area contributed by atoms with Gasteiger partial charge in [0.25, 0.3) is 5.91 Å². The van der Waals surface area contributed by atoms with Gasteiger partial charge in [0.2, 0.25) is 5.88 Å². The zero-order chi connectivity index (χ0) is 31.7. The molecule has 6 heterocycles. The van der Waals surface area contributed by atoms with Crippen LogP contribution < -0.4 is 19.4 Å². The predicted octanol–water partition coefficient (Wildman–Crippen LogP) is 3.18. The number of nitrogens with zero attached hydrogens (tertiary/aromatic N) is 9. The van der Waals surface area contributed by atoms with Gasteiger partial charge in [-0.25, -0.2) is 9.37 Å². The van der Waals surface area contributed by atoms with Gasteiger partial charge in [-0.1, -0.05) is 6.58 Å². The van der Waals surface area contributed by atoms with Crippen LogP contribution in [0.2, 0.25) is 0 Å². The van der Waals surface area contributed by atoms with Crippen LogP contribution in [0.25, 0.3) is 0 Å². The molecule has 0 aromatic carbocycles. The first-order valence-electron chi connectivity index (χ1n) is 15.8. The van der Waals surface area contributed by atoms with Crippen molar-refractivity contribution in [1.29, 1.82) is 10.5 Å². The Labute approximate surface area is 264 Å². The lowest BCUT2D eigenvalue weighted by Crippen LogP contribution is -2.55. The second-order valence-electron chi connectivity index (χ2n) is 12.5. The number of pyridine rings is 2. The van der Waals surface area contributed by atoms with Gasteiger partial charge in [0, 0.05) is 57.6 Å². The number of nitriles is 2. The van der Waals surface area contributed by atoms with E-state index in [1.165, 1.54) is 4.90 Å². The lowest BCUT2D eigenvalue weighted by molar-refractivity contribution is -0.131. The Hall–Kier alpha value is -4.42. The van der Waals surface area contributed by atoms with Crippen molar-refractivity contribution in [2.45, 2.75) is 57.2 Å². The van der Waals surface area contributed by atoms with Crippen molar-refractivity contribution in [3.05, 3.63) is 47.2 Å². The summed E-state index contributed by atoms with van der Waals surface area (Å²) in [7, 11) is 4.20. The fourth-order valence-electron chi connectivity index (χ4n) is 7.36. The third-order valence-corrected chi connectivity index (χ3v) is 9.72. The summed E-state index contributed by atoms with van der Waals surface area (Å²) in [5.74, 6) is -1.52. The highest BCUT2D eigenvalue weighted by Gasteiger charge is 2.37. The fraction of sp³-hybridized carbons (Fsp3) is 0.545. The number of likely N-dealkylation sites (tertiary alicyclic amines) is 1. The monoisotopic (exact) mass is 613 g/mol. The molecule has 0 N–H and O–H groups in total. The summed E-state index contributed by atoms with van der Waals surface area (Å²) in [5, 5.41) is 20.1. The van der Waals surface area contributed by atoms with Crippen molar-refractivity contribution < 1.29 is 13.9 Å². The standard InChI is InChI=1S/C33H40FN9O2/c1-22(34)33(44)43-17-16-42(19-23(43)8-11-35)30-25-10-15-41(29-9-12-37-27-7-5-14-40(3)31(27)29)20-28(25)38-32(26(30)18-36)45-21-24-6-4-13-39(24)2/h9,12,23-24H,1,4-8,10,13-17,19-21H2,2-3H3/t23-,24-/m0/s1. The Morgan fingerprint density at radius 2 is 1.91 bits per heavy atom. The molecule has 0 radical (unpaired) electrons. The van der Waals surface area contributed by atoms with Gasteiger partial charge in [-0.2, -0.15) is 10.5 Å². The Balaban J connectivity index is 1.38. The molecule has 0 saturated carbocycles. The van der Waals surface area contributed by atoms with Crippen molar-refractivity contribution in [2.24, 2.45) is 0 Å². The van der Waals surface area contributed by atoms with Gasteiger partial charge in [-0.3, -0.25) is 9.78 Å². The number of likely N-dealkylation sites (N-methyl/N-ethyl adjacent to an activating group) is 1. The van der Waals surface area contributed by atoms with Gasteiger partial charge < -0.3 is 29.2 Å². The smallest absolute Gasteiger partial charge is 0.282 e. The molecule has 11 nitrogen and oxygen atoms in total. The number of anilines is 3. The van der Waals surface area contributed by atoms with Gasteiger partial charge in [0.05, 0.1) is 53.5 Å². The maximum atomic E-state index is 13.9. The Morgan fingerprint density at radius 1 is 1.07 bits per heavy atom. The summed E-state index contributed by atoms with van der Waals surface area (Å²) in [6, 6.07) is 6.32. The van der Waals surface area contributed by atoms with E-state index in [1.807, 2.05) is 6.20 Å². The van der Waals surface area contributed by atoms with Crippen LogP contribution in [0.15, 0.2) is 24.7 Å². The van der Waals surface area contributed by atoms with E-state index < -0.39 is 17.8 Å². The average Bonchev–Trinajstić information content (AvgIpc) is 3.46. The zero-order valence-electron chi connectivity index (χ0n) is 26.1. The van der Waals surface area contributed by atoms with Gasteiger partial charge in [0.1, 0.15) is 18.2 Å². The zero-order valence-corrected chi connectivity index (χ0v) is 26.1. The van der Waals surface area contributed by atoms with Crippen LogP contribution in [0.3, 0.4) is 0 Å². The van der Waals surface area contributed by atoms with Gasteiger partial charge in [-0.05, 0) is 51.8 Å². The summed E-state index contributed by atoms with van der Waals surface area (Å²) < 4.78 is 20.3. The topological polar surface area (TPSA) is 116 Å². The second kappa shape index (κ2) is 12.9. The first kappa shape index (κ1) is 30.6. The predicted molar refractivity (Wildman–Crippen MR) is 169 cm³/mol. The third kappa shape index (κ3) is 5.87. The number of aryl methyl sites for hydroxylation is 1. The Morgan fingerprint density at radius 3 is 2.64 bits per heavy atom. The summed E-state index contributed by atoms with van der Waals surface area (Å²) in [6.45, 7) is 7.75. The van der Waals surface area contributed by atoms with E-state index in [2.05, 4.69) is 63.5 Å². The van der Waals surface area contributed by atoms with Crippen molar-refractivity contribution in [3.63, 3.8) is 0 Å². The van der Waals surface area contributed by atoms with E-state index in [-0.39, 0.29) is 25.6 Å². The van der Waals surface area contributed by atoms with Gasteiger partial charge in [-0.15, -0.1) is 0 Å². The molecule has 0 bridgehead atoms. The molecular formula is C33H40FN9O2. The maximum absolute atomic E-state index is 13.9. The van der Waals surface area contributed by atoms with Crippen LogP contribution in [0.4, 0.5) is 21.5 Å². The maximum Gasteiger partial charge on any atom is 0.282 e. The summed E-state index contributed by atoms with van der Waals surface area (Å²) in [5.41, 5.74) is 6.35. The molecule has 2 atom stereocenters. The molecule has 0 aliphatic carbocycles. The number of carbonyl (C=O) groups is 1. The Kier molecular flexibility index (Phi) is 8.77. The molecule has 4 aliphatic rings. The summed E-state index contributed by atoms with van der Waals surface area (Å²) >= 11 is 0. The number of fused-ring (bicyclic) bond motifs is 2. The number of amides is 1. The molecule has 12 heteroatoms. The summed E-state index contributed by atoms with van der Waals surface area (Å²) in [6.07, 6.45) is 6.73. The molecule has 45 heavy (non-hydrogen) atoms. The first-order valence-corrected chi connectivity index (χ1v) is 15.8. The lowest BCUT2D eigenvalue weighted by Gasteiger charge is -2.43. The molecule has 0 unspecified atom stereocenters. The van der Waals surface area contributed by atoms with Crippen molar-refractivity contribution >= 4 is 23.0 Å². The normalized spacial score (nSPS) is 21.5. The van der Waals surface area contributed by atoms with Gasteiger partial charge >= 0.3 is 0 Å². The molecular weight excluding hydrogens is 573 g/mol. The molecule has 6 rings (SSSR count). The molecule has 1 amide bonds. The van der Waals surface area contributed by atoms with Crippen molar-refractivity contribution in [3.8, 4) is 18.0 Å².